The summed E-state index contributed by atoms with van der Waals surface area (Å²) in [5.41, 5.74) is 1.68. The third kappa shape index (κ3) is 2.95. The highest BCUT2D eigenvalue weighted by Gasteiger charge is 2.09. The molecular formula is C14H12N2O3. The van der Waals surface area contributed by atoms with Crippen molar-refractivity contribution < 1.29 is 14.4 Å². The first-order chi connectivity index (χ1) is 9.10. The van der Waals surface area contributed by atoms with Crippen molar-refractivity contribution in [1.29, 1.82) is 0 Å². The molecule has 1 amide bonds. The van der Waals surface area contributed by atoms with Gasteiger partial charge in [-0.15, -0.1) is 0 Å². The minimum atomic E-state index is -0.367. The lowest BCUT2D eigenvalue weighted by Gasteiger charge is -2.05. The first-order valence-corrected chi connectivity index (χ1v) is 5.66. The number of benzene rings is 1. The van der Waals surface area contributed by atoms with Crippen LogP contribution in [0.3, 0.4) is 0 Å². The van der Waals surface area contributed by atoms with E-state index in [9.17, 15) is 14.4 Å². The molecule has 0 saturated carbocycles. The van der Waals surface area contributed by atoms with Gasteiger partial charge in [0, 0.05) is 11.3 Å². The summed E-state index contributed by atoms with van der Waals surface area (Å²) in [6.07, 6.45) is 0.632. The molecule has 1 heterocycles. The molecule has 0 unspecified atom stereocenters. The van der Waals surface area contributed by atoms with Gasteiger partial charge in [-0.1, -0.05) is 12.1 Å². The Morgan fingerprint density at radius 2 is 2.00 bits per heavy atom. The summed E-state index contributed by atoms with van der Waals surface area (Å²) in [7, 11) is 0. The van der Waals surface area contributed by atoms with Crippen LogP contribution >= 0.6 is 0 Å². The second-order valence-electron chi connectivity index (χ2n) is 4.04. The molecule has 0 aliphatic carbocycles. The highest BCUT2D eigenvalue weighted by Crippen LogP contribution is 2.12. The Kier molecular flexibility index (Phi) is 3.56. The lowest BCUT2D eigenvalue weighted by molar-refractivity contribution is 0.100. The Bertz CT molecular complexity index is 644. The van der Waals surface area contributed by atoms with Crippen LogP contribution in [0.15, 0.2) is 36.4 Å². The highest BCUT2D eigenvalue weighted by atomic mass is 16.2. The second-order valence-corrected chi connectivity index (χ2v) is 4.04. The predicted molar refractivity (Wildman–Crippen MR) is 70.6 cm³/mol. The molecule has 0 aliphatic heterocycles. The van der Waals surface area contributed by atoms with Crippen LogP contribution in [0.4, 0.5) is 5.69 Å². The first-order valence-electron chi connectivity index (χ1n) is 5.66. The van der Waals surface area contributed by atoms with Crippen LogP contribution in [0.1, 0.15) is 38.3 Å². The number of aromatic amines is 1. The van der Waals surface area contributed by atoms with E-state index in [2.05, 4.69) is 10.3 Å². The van der Waals surface area contributed by atoms with Gasteiger partial charge in [-0.3, -0.25) is 14.4 Å². The zero-order valence-corrected chi connectivity index (χ0v) is 10.3. The largest absolute Gasteiger partial charge is 0.348 e. The van der Waals surface area contributed by atoms with E-state index in [0.29, 0.717) is 23.2 Å². The van der Waals surface area contributed by atoms with Crippen molar-refractivity contribution in [1.82, 2.24) is 4.98 Å². The van der Waals surface area contributed by atoms with Gasteiger partial charge in [-0.25, -0.2) is 0 Å². The molecule has 96 valence electrons. The van der Waals surface area contributed by atoms with Crippen LogP contribution in [0.25, 0.3) is 0 Å². The molecule has 0 atom stereocenters. The minimum absolute atomic E-state index is 0.0702. The monoisotopic (exact) mass is 256 g/mol. The van der Waals surface area contributed by atoms with Crippen LogP contribution in [-0.4, -0.2) is 23.0 Å². The van der Waals surface area contributed by atoms with Gasteiger partial charge in [-0.2, -0.15) is 0 Å². The fraction of sp³-hybridized carbons (Fsp3) is 0.0714. The Morgan fingerprint density at radius 3 is 2.63 bits per heavy atom. The van der Waals surface area contributed by atoms with Crippen molar-refractivity contribution in [3.63, 3.8) is 0 Å². The zero-order valence-electron chi connectivity index (χ0n) is 10.3. The van der Waals surface area contributed by atoms with E-state index in [4.69, 9.17) is 0 Å². The van der Waals surface area contributed by atoms with E-state index in [1.807, 2.05) is 0 Å². The number of aromatic nitrogens is 1. The van der Waals surface area contributed by atoms with Crippen molar-refractivity contribution in [2.75, 3.05) is 5.32 Å². The van der Waals surface area contributed by atoms with Crippen LogP contribution in [-0.2, 0) is 0 Å². The van der Waals surface area contributed by atoms with Crippen molar-refractivity contribution >= 4 is 23.7 Å². The fourth-order valence-electron chi connectivity index (χ4n) is 1.63. The third-order valence-electron chi connectivity index (χ3n) is 2.61. The van der Waals surface area contributed by atoms with Crippen molar-refractivity contribution in [2.24, 2.45) is 0 Å². The van der Waals surface area contributed by atoms with E-state index in [-0.39, 0.29) is 17.4 Å². The second kappa shape index (κ2) is 5.30. The molecule has 1 aromatic heterocycles. The van der Waals surface area contributed by atoms with Crippen LogP contribution < -0.4 is 5.32 Å². The Balaban J connectivity index is 2.16. The molecule has 5 heteroatoms. The van der Waals surface area contributed by atoms with Gasteiger partial charge < -0.3 is 10.3 Å². The van der Waals surface area contributed by atoms with Gasteiger partial charge in [0.15, 0.2) is 12.1 Å². The number of amides is 1. The molecule has 2 rings (SSSR count). The number of rotatable bonds is 4. The lowest BCUT2D eigenvalue weighted by Crippen LogP contribution is -2.12. The SMILES string of the molecule is CC(=O)c1cccc(NC(=O)c2ccc(C=O)[nH]2)c1. The molecular weight excluding hydrogens is 244 g/mol. The molecule has 0 radical (unpaired) electrons. The minimum Gasteiger partial charge on any atom is -0.348 e. The number of hydrogen-bond donors (Lipinski definition) is 2. The van der Waals surface area contributed by atoms with Gasteiger partial charge in [0.05, 0.1) is 5.69 Å². The number of nitrogens with one attached hydrogen (secondary N) is 2. The van der Waals surface area contributed by atoms with Crippen LogP contribution in [0, 0.1) is 0 Å². The van der Waals surface area contributed by atoms with Gasteiger partial charge in [0.25, 0.3) is 5.91 Å². The zero-order chi connectivity index (χ0) is 13.8. The van der Waals surface area contributed by atoms with Crippen molar-refractivity contribution in [3.05, 3.63) is 53.3 Å². The summed E-state index contributed by atoms with van der Waals surface area (Å²) in [5.74, 6) is -0.437. The third-order valence-corrected chi connectivity index (χ3v) is 2.61. The number of hydrogen-bond acceptors (Lipinski definition) is 3. The Hall–Kier alpha value is -2.69. The van der Waals surface area contributed by atoms with Crippen molar-refractivity contribution in [2.45, 2.75) is 6.92 Å². The van der Waals surface area contributed by atoms with Gasteiger partial charge >= 0.3 is 0 Å². The van der Waals surface area contributed by atoms with E-state index in [1.54, 1.807) is 24.3 Å². The van der Waals surface area contributed by atoms with Gasteiger partial charge in [0.2, 0.25) is 0 Å². The molecule has 0 fully saturated rings. The summed E-state index contributed by atoms with van der Waals surface area (Å²) in [6, 6.07) is 9.70. The number of anilines is 1. The molecule has 2 aromatic rings. The van der Waals surface area contributed by atoms with E-state index >= 15 is 0 Å². The first kappa shape index (κ1) is 12.8. The molecule has 19 heavy (non-hydrogen) atoms. The van der Waals surface area contributed by atoms with Crippen LogP contribution in [0.2, 0.25) is 0 Å². The number of carbonyl (C=O) groups is 3. The molecule has 1 aromatic carbocycles. The van der Waals surface area contributed by atoms with Gasteiger partial charge in [-0.05, 0) is 31.2 Å². The smallest absolute Gasteiger partial charge is 0.272 e. The van der Waals surface area contributed by atoms with Gasteiger partial charge in [0.1, 0.15) is 5.69 Å². The van der Waals surface area contributed by atoms with Crippen LogP contribution in [0.5, 0.6) is 0 Å². The van der Waals surface area contributed by atoms with E-state index in [1.165, 1.54) is 19.1 Å². The number of Topliss-reactive ketones (excluding diaryl/α,β-unsaturated/α-hetero) is 1. The molecule has 0 bridgehead atoms. The molecule has 2 N–H and O–H groups in total. The summed E-state index contributed by atoms with van der Waals surface area (Å²) in [5, 5.41) is 2.65. The predicted octanol–water partition coefficient (Wildman–Crippen LogP) is 2.28. The van der Waals surface area contributed by atoms with E-state index < -0.39 is 0 Å². The highest BCUT2D eigenvalue weighted by molar-refractivity contribution is 6.04. The summed E-state index contributed by atoms with van der Waals surface area (Å²) in [6.45, 7) is 1.46. The number of H-pyrrole nitrogens is 1. The number of ketones is 1. The van der Waals surface area contributed by atoms with E-state index in [0.717, 1.165) is 0 Å². The number of carbonyl (C=O) groups excluding carboxylic acids is 3. The Labute approximate surface area is 109 Å². The summed E-state index contributed by atoms with van der Waals surface area (Å²) in [4.78, 5) is 36.3. The number of aldehydes is 1. The quantitative estimate of drug-likeness (QED) is 0.650. The molecule has 0 spiro atoms. The lowest BCUT2D eigenvalue weighted by atomic mass is 10.1. The normalized spacial score (nSPS) is 9.95. The maximum atomic E-state index is 11.9. The Morgan fingerprint density at radius 1 is 1.21 bits per heavy atom. The summed E-state index contributed by atoms with van der Waals surface area (Å²) < 4.78 is 0. The average Bonchev–Trinajstić information content (AvgIpc) is 2.88. The molecule has 5 nitrogen and oxygen atoms in total. The maximum Gasteiger partial charge on any atom is 0.272 e. The van der Waals surface area contributed by atoms with Crippen molar-refractivity contribution in [3.8, 4) is 0 Å². The topological polar surface area (TPSA) is 79.0 Å². The fourth-order valence-corrected chi connectivity index (χ4v) is 1.63. The molecule has 0 aliphatic rings. The molecule has 0 saturated heterocycles. The maximum absolute atomic E-state index is 11.9. The standard InChI is InChI=1S/C14H12N2O3/c1-9(18)10-3-2-4-11(7-10)16-14(19)13-6-5-12(8-17)15-13/h2-8,15H,1H3,(H,16,19). The summed E-state index contributed by atoms with van der Waals surface area (Å²) >= 11 is 0. The average molecular weight is 256 g/mol.